The van der Waals surface area contributed by atoms with E-state index in [1.165, 1.54) is 6.92 Å². The second-order valence-corrected chi connectivity index (χ2v) is 3.99. The van der Waals surface area contributed by atoms with Crippen LogP contribution in [-0.2, 0) is 27.2 Å². The van der Waals surface area contributed by atoms with Crippen molar-refractivity contribution in [1.82, 2.24) is 0 Å². The van der Waals surface area contributed by atoms with Gasteiger partial charge in [-0.25, -0.2) is 0 Å². The molecule has 1 aromatic rings. The first-order valence-corrected chi connectivity index (χ1v) is 6.12. The summed E-state index contributed by atoms with van der Waals surface area (Å²) in [5, 5.41) is 2.82. The summed E-state index contributed by atoms with van der Waals surface area (Å²) < 4.78 is 4.67. The first-order chi connectivity index (χ1) is 8.58. The van der Waals surface area contributed by atoms with E-state index in [2.05, 4.69) is 10.1 Å². The van der Waals surface area contributed by atoms with Crippen LogP contribution in [0, 0.1) is 0 Å². The predicted molar refractivity (Wildman–Crippen MR) is 70.5 cm³/mol. The lowest BCUT2D eigenvalue weighted by Crippen LogP contribution is -2.21. The summed E-state index contributed by atoms with van der Waals surface area (Å²) >= 11 is 0. The molecule has 4 heteroatoms. The molecule has 4 nitrogen and oxygen atoms in total. The normalized spacial score (nSPS) is 9.94. The molecule has 0 atom stereocenters. The standard InChI is InChI=1S/C14H19NO3/c1-4-11-7-6-8-12(5-2)14(11)15-13(17)9-18-10(3)16/h6-8H,4-5,9H2,1-3H3,(H,15,17). The number of hydrogen-bond donors (Lipinski definition) is 1. The minimum Gasteiger partial charge on any atom is -0.456 e. The maximum Gasteiger partial charge on any atom is 0.303 e. The molecule has 1 aromatic carbocycles. The van der Waals surface area contributed by atoms with E-state index in [0.29, 0.717) is 0 Å². The molecule has 0 saturated heterocycles. The van der Waals surface area contributed by atoms with Crippen molar-refractivity contribution in [1.29, 1.82) is 0 Å². The van der Waals surface area contributed by atoms with Gasteiger partial charge >= 0.3 is 5.97 Å². The lowest BCUT2D eigenvalue weighted by molar-refractivity contribution is -0.144. The van der Waals surface area contributed by atoms with Crippen molar-refractivity contribution in [2.45, 2.75) is 33.6 Å². The highest BCUT2D eigenvalue weighted by molar-refractivity contribution is 5.94. The van der Waals surface area contributed by atoms with Crippen LogP contribution in [0.5, 0.6) is 0 Å². The molecule has 0 aromatic heterocycles. The summed E-state index contributed by atoms with van der Waals surface area (Å²) in [5.74, 6) is -0.759. The monoisotopic (exact) mass is 249 g/mol. The minimum absolute atomic E-state index is 0.240. The fraction of sp³-hybridized carbons (Fsp3) is 0.429. The number of ether oxygens (including phenoxy) is 1. The first kappa shape index (κ1) is 14.2. The van der Waals surface area contributed by atoms with E-state index in [4.69, 9.17) is 0 Å². The third kappa shape index (κ3) is 3.87. The van der Waals surface area contributed by atoms with Gasteiger partial charge in [-0.2, -0.15) is 0 Å². The van der Waals surface area contributed by atoms with Crippen LogP contribution in [-0.4, -0.2) is 18.5 Å². The van der Waals surface area contributed by atoms with Gasteiger partial charge in [0.25, 0.3) is 5.91 Å². The highest BCUT2D eigenvalue weighted by Crippen LogP contribution is 2.22. The molecule has 1 amide bonds. The van der Waals surface area contributed by atoms with Crippen LogP contribution < -0.4 is 5.32 Å². The third-order valence-corrected chi connectivity index (χ3v) is 2.67. The van der Waals surface area contributed by atoms with Crippen molar-refractivity contribution in [2.24, 2.45) is 0 Å². The Labute approximate surface area is 107 Å². The van der Waals surface area contributed by atoms with Crippen molar-refractivity contribution in [3.05, 3.63) is 29.3 Å². The molecule has 0 aliphatic carbocycles. The van der Waals surface area contributed by atoms with Crippen molar-refractivity contribution in [2.75, 3.05) is 11.9 Å². The van der Waals surface area contributed by atoms with E-state index in [-0.39, 0.29) is 12.5 Å². The molecule has 0 heterocycles. The number of anilines is 1. The number of amides is 1. The predicted octanol–water partition coefficient (Wildman–Crippen LogP) is 2.31. The number of esters is 1. The van der Waals surface area contributed by atoms with Crippen LogP contribution in [0.2, 0.25) is 0 Å². The van der Waals surface area contributed by atoms with Crippen molar-refractivity contribution in [3.63, 3.8) is 0 Å². The number of benzene rings is 1. The summed E-state index contributed by atoms with van der Waals surface area (Å²) in [6.07, 6.45) is 1.69. The average Bonchev–Trinajstić information content (AvgIpc) is 2.36. The first-order valence-electron chi connectivity index (χ1n) is 6.12. The van der Waals surface area contributed by atoms with E-state index < -0.39 is 5.97 Å². The summed E-state index contributed by atoms with van der Waals surface area (Å²) in [5.41, 5.74) is 3.02. The zero-order valence-electron chi connectivity index (χ0n) is 11.1. The lowest BCUT2D eigenvalue weighted by Gasteiger charge is -2.14. The smallest absolute Gasteiger partial charge is 0.303 e. The number of carbonyl (C=O) groups excluding carboxylic acids is 2. The summed E-state index contributed by atoms with van der Waals surface area (Å²) in [7, 11) is 0. The molecule has 0 saturated carbocycles. The van der Waals surface area contributed by atoms with Crippen molar-refractivity contribution >= 4 is 17.6 Å². The molecule has 0 fully saturated rings. The Balaban J connectivity index is 2.82. The third-order valence-electron chi connectivity index (χ3n) is 2.67. The zero-order valence-corrected chi connectivity index (χ0v) is 11.1. The van der Waals surface area contributed by atoms with Gasteiger partial charge in [-0.1, -0.05) is 32.0 Å². The van der Waals surface area contributed by atoms with E-state index in [0.717, 1.165) is 29.7 Å². The molecule has 0 spiro atoms. The van der Waals surface area contributed by atoms with Crippen LogP contribution >= 0.6 is 0 Å². The average molecular weight is 249 g/mol. The van der Waals surface area contributed by atoms with Gasteiger partial charge in [-0.05, 0) is 24.0 Å². The molecule has 0 unspecified atom stereocenters. The van der Waals surface area contributed by atoms with Crippen molar-refractivity contribution < 1.29 is 14.3 Å². The Morgan fingerprint density at radius 1 is 1.17 bits per heavy atom. The number of nitrogens with one attached hydrogen (secondary N) is 1. The Hall–Kier alpha value is -1.84. The van der Waals surface area contributed by atoms with Crippen LogP contribution in [0.25, 0.3) is 0 Å². The van der Waals surface area contributed by atoms with Crippen LogP contribution in [0.15, 0.2) is 18.2 Å². The van der Waals surface area contributed by atoms with Gasteiger partial charge < -0.3 is 10.1 Å². The van der Waals surface area contributed by atoms with Gasteiger partial charge in [0, 0.05) is 12.6 Å². The van der Waals surface area contributed by atoms with Gasteiger partial charge in [0.1, 0.15) is 0 Å². The second-order valence-electron chi connectivity index (χ2n) is 3.99. The molecule has 1 N–H and O–H groups in total. The Kier molecular flexibility index (Phi) is 5.36. The molecule has 98 valence electrons. The van der Waals surface area contributed by atoms with Crippen LogP contribution in [0.1, 0.15) is 31.9 Å². The van der Waals surface area contributed by atoms with Crippen molar-refractivity contribution in [3.8, 4) is 0 Å². The summed E-state index contributed by atoms with van der Waals surface area (Å²) in [6, 6.07) is 5.96. The highest BCUT2D eigenvalue weighted by Gasteiger charge is 2.10. The van der Waals surface area contributed by atoms with Crippen LogP contribution in [0.4, 0.5) is 5.69 Å². The minimum atomic E-state index is -0.454. The van der Waals surface area contributed by atoms with Gasteiger partial charge in [-0.3, -0.25) is 9.59 Å². The quantitative estimate of drug-likeness (QED) is 0.815. The Morgan fingerprint density at radius 2 is 1.72 bits per heavy atom. The SMILES string of the molecule is CCc1cccc(CC)c1NC(=O)COC(C)=O. The molecule has 1 rings (SSSR count). The molecular weight excluding hydrogens is 230 g/mol. The molecule has 0 radical (unpaired) electrons. The molecule has 0 bridgehead atoms. The van der Waals surface area contributed by atoms with Gasteiger partial charge in [0.15, 0.2) is 6.61 Å². The zero-order chi connectivity index (χ0) is 13.5. The Morgan fingerprint density at radius 3 is 2.17 bits per heavy atom. The fourth-order valence-corrected chi connectivity index (χ4v) is 1.75. The molecule has 0 aliphatic rings. The number of rotatable bonds is 5. The summed E-state index contributed by atoms with van der Waals surface area (Å²) in [4.78, 5) is 22.3. The van der Waals surface area contributed by atoms with Gasteiger partial charge in [-0.15, -0.1) is 0 Å². The number of hydrogen-bond acceptors (Lipinski definition) is 3. The molecule has 18 heavy (non-hydrogen) atoms. The molecular formula is C14H19NO3. The maximum atomic E-state index is 11.7. The summed E-state index contributed by atoms with van der Waals surface area (Å²) in [6.45, 7) is 5.12. The number of carbonyl (C=O) groups is 2. The van der Waals surface area contributed by atoms with E-state index in [1.807, 2.05) is 32.0 Å². The van der Waals surface area contributed by atoms with E-state index >= 15 is 0 Å². The van der Waals surface area contributed by atoms with E-state index in [9.17, 15) is 9.59 Å². The number of aryl methyl sites for hydroxylation is 2. The lowest BCUT2D eigenvalue weighted by atomic mass is 10.0. The topological polar surface area (TPSA) is 55.4 Å². The van der Waals surface area contributed by atoms with Gasteiger partial charge in [0.2, 0.25) is 0 Å². The Bertz CT molecular complexity index is 418. The fourth-order valence-electron chi connectivity index (χ4n) is 1.75. The van der Waals surface area contributed by atoms with Crippen LogP contribution in [0.3, 0.4) is 0 Å². The number of para-hydroxylation sites is 1. The highest BCUT2D eigenvalue weighted by atomic mass is 16.5. The largest absolute Gasteiger partial charge is 0.456 e. The van der Waals surface area contributed by atoms with E-state index in [1.54, 1.807) is 0 Å². The van der Waals surface area contributed by atoms with Gasteiger partial charge in [0.05, 0.1) is 0 Å². The molecule has 0 aliphatic heterocycles. The second kappa shape index (κ2) is 6.79. The maximum absolute atomic E-state index is 11.7.